The fourth-order valence-corrected chi connectivity index (χ4v) is 3.29. The number of imidazole rings is 1. The van der Waals surface area contributed by atoms with Gasteiger partial charge >= 0.3 is 0 Å². The van der Waals surface area contributed by atoms with E-state index in [1.807, 2.05) is 30.5 Å². The summed E-state index contributed by atoms with van der Waals surface area (Å²) in [5.74, 6) is -0.269. The number of anilines is 3. The normalized spacial score (nSPS) is 13.9. The zero-order valence-electron chi connectivity index (χ0n) is 14.4. The minimum atomic E-state index is -2.74. The molecule has 1 amide bonds. The van der Waals surface area contributed by atoms with Gasteiger partial charge in [0.15, 0.2) is 11.5 Å². The van der Waals surface area contributed by atoms with Crippen molar-refractivity contribution in [2.45, 2.75) is 24.2 Å². The summed E-state index contributed by atoms with van der Waals surface area (Å²) in [6, 6.07) is 9.29. The van der Waals surface area contributed by atoms with Gasteiger partial charge in [0, 0.05) is 16.9 Å². The van der Waals surface area contributed by atoms with Gasteiger partial charge in [-0.1, -0.05) is 12.1 Å². The number of aromatic amines is 1. The molecule has 1 aliphatic rings. The van der Waals surface area contributed by atoms with Crippen LogP contribution >= 0.6 is 11.8 Å². The molecule has 3 aromatic rings. The second-order valence-corrected chi connectivity index (χ2v) is 7.11. The second kappa shape index (κ2) is 7.15. The molecule has 0 aliphatic heterocycles. The number of pyridine rings is 1. The van der Waals surface area contributed by atoms with Crippen molar-refractivity contribution in [1.82, 2.24) is 15.0 Å². The summed E-state index contributed by atoms with van der Waals surface area (Å²) < 4.78 is 26.2. The Hall–Kier alpha value is -2.68. The number of carbonyl (C=O) groups is 1. The highest BCUT2D eigenvalue weighted by molar-refractivity contribution is 7.98. The third-order valence-electron chi connectivity index (χ3n) is 4.26. The maximum atomic E-state index is 13.1. The Balaban J connectivity index is 1.76. The van der Waals surface area contributed by atoms with Gasteiger partial charge in [-0.2, -0.15) is 0 Å². The molecule has 2 heterocycles. The van der Waals surface area contributed by atoms with Gasteiger partial charge in [0.25, 0.3) is 6.43 Å². The lowest BCUT2D eigenvalue weighted by atomic mass is 10.2. The molecule has 1 fully saturated rings. The van der Waals surface area contributed by atoms with Crippen LogP contribution in [0.15, 0.2) is 35.2 Å². The summed E-state index contributed by atoms with van der Waals surface area (Å²) in [6.45, 7) is 0. The first-order valence-corrected chi connectivity index (χ1v) is 9.67. The number of nitrogens with zero attached hydrogens (tertiary/aromatic N) is 2. The van der Waals surface area contributed by atoms with Crippen LogP contribution in [-0.4, -0.2) is 27.1 Å². The summed E-state index contributed by atoms with van der Waals surface area (Å²) >= 11 is 1.56. The number of para-hydroxylation sites is 1. The molecular weight excluding hydrogens is 372 g/mol. The van der Waals surface area contributed by atoms with Crippen LogP contribution in [0.2, 0.25) is 0 Å². The van der Waals surface area contributed by atoms with Gasteiger partial charge in [-0.3, -0.25) is 4.79 Å². The van der Waals surface area contributed by atoms with Crippen molar-refractivity contribution in [2.75, 3.05) is 16.9 Å². The lowest BCUT2D eigenvalue weighted by Crippen LogP contribution is -2.14. The van der Waals surface area contributed by atoms with E-state index in [-0.39, 0.29) is 23.3 Å². The van der Waals surface area contributed by atoms with E-state index in [4.69, 9.17) is 0 Å². The molecule has 6 nitrogen and oxygen atoms in total. The molecule has 27 heavy (non-hydrogen) atoms. The van der Waals surface area contributed by atoms with Gasteiger partial charge in [0.2, 0.25) is 5.91 Å². The molecule has 0 bridgehead atoms. The minimum absolute atomic E-state index is 0.00642. The number of fused-ring (bicyclic) bond motifs is 1. The minimum Gasteiger partial charge on any atom is -0.353 e. The van der Waals surface area contributed by atoms with Crippen molar-refractivity contribution >= 4 is 46.0 Å². The van der Waals surface area contributed by atoms with Gasteiger partial charge in [-0.15, -0.1) is 11.8 Å². The lowest BCUT2D eigenvalue weighted by molar-refractivity contribution is -0.117. The predicted octanol–water partition coefficient (Wildman–Crippen LogP) is 4.71. The standard InChI is InChI=1S/C18H17F2N5OS/c1-27-12-5-3-2-4-10(12)21-11-8-13(23-18(26)9-6-7-9)22-16-14(11)24-17(25-16)15(19)20/h2-5,8-9,15H,6-7H2,1H3,(H3,21,22,23,24,25,26). The number of benzene rings is 1. The van der Waals surface area contributed by atoms with E-state index in [1.165, 1.54) is 0 Å². The van der Waals surface area contributed by atoms with Crippen molar-refractivity contribution in [3.63, 3.8) is 0 Å². The number of nitrogens with one attached hydrogen (secondary N) is 3. The molecule has 0 spiro atoms. The van der Waals surface area contributed by atoms with E-state index in [1.54, 1.807) is 17.8 Å². The molecular formula is C18H17F2N5OS. The van der Waals surface area contributed by atoms with Gasteiger partial charge in [0.05, 0.1) is 11.4 Å². The Bertz CT molecular complexity index is 1000. The number of carbonyl (C=O) groups excluding carboxylic acids is 1. The highest BCUT2D eigenvalue weighted by atomic mass is 32.2. The SMILES string of the molecule is CSc1ccccc1Nc1cc(NC(=O)C2CC2)nc2nc(C(F)F)[nH]c12. The average molecular weight is 389 g/mol. The first-order valence-electron chi connectivity index (χ1n) is 8.45. The number of thioether (sulfide) groups is 1. The zero-order chi connectivity index (χ0) is 19.0. The fourth-order valence-electron chi connectivity index (χ4n) is 2.74. The van der Waals surface area contributed by atoms with Crippen molar-refractivity contribution in [2.24, 2.45) is 5.92 Å². The maximum absolute atomic E-state index is 13.1. The monoisotopic (exact) mass is 389 g/mol. The fraction of sp³-hybridized carbons (Fsp3) is 0.278. The number of hydrogen-bond acceptors (Lipinski definition) is 5. The van der Waals surface area contributed by atoms with Crippen LogP contribution in [0.1, 0.15) is 25.1 Å². The molecule has 3 N–H and O–H groups in total. The van der Waals surface area contributed by atoms with E-state index in [9.17, 15) is 13.6 Å². The first-order chi connectivity index (χ1) is 13.0. The Morgan fingerprint density at radius 3 is 2.74 bits per heavy atom. The molecule has 1 aromatic carbocycles. The average Bonchev–Trinajstić information content (AvgIpc) is 3.41. The third-order valence-corrected chi connectivity index (χ3v) is 5.06. The highest BCUT2D eigenvalue weighted by Crippen LogP contribution is 2.34. The molecule has 0 radical (unpaired) electrons. The van der Waals surface area contributed by atoms with Crippen molar-refractivity contribution in [3.05, 3.63) is 36.2 Å². The highest BCUT2D eigenvalue weighted by Gasteiger charge is 2.30. The summed E-state index contributed by atoms with van der Waals surface area (Å²) in [5, 5.41) is 6.00. The summed E-state index contributed by atoms with van der Waals surface area (Å²) in [6.07, 6.45) is 0.931. The summed E-state index contributed by atoms with van der Waals surface area (Å²) in [4.78, 5) is 23.8. The van der Waals surface area contributed by atoms with Gasteiger partial charge in [-0.25, -0.2) is 18.7 Å². The van der Waals surface area contributed by atoms with Crippen LogP contribution in [0.4, 0.5) is 26.0 Å². The number of rotatable bonds is 6. The second-order valence-electron chi connectivity index (χ2n) is 6.27. The van der Waals surface area contributed by atoms with E-state index >= 15 is 0 Å². The van der Waals surface area contributed by atoms with Crippen LogP contribution in [-0.2, 0) is 4.79 Å². The summed E-state index contributed by atoms with van der Waals surface area (Å²) in [5.41, 5.74) is 1.84. The number of amides is 1. The number of halogens is 2. The van der Waals surface area contributed by atoms with Crippen LogP contribution < -0.4 is 10.6 Å². The Kier molecular flexibility index (Phi) is 4.69. The topological polar surface area (TPSA) is 82.7 Å². The third kappa shape index (κ3) is 3.73. The molecule has 1 saturated carbocycles. The molecule has 140 valence electrons. The number of H-pyrrole nitrogens is 1. The van der Waals surface area contributed by atoms with Gasteiger partial charge in [-0.05, 0) is 31.2 Å². The molecule has 4 rings (SSSR count). The quantitative estimate of drug-likeness (QED) is 0.532. The van der Waals surface area contributed by atoms with Crippen LogP contribution in [0, 0.1) is 5.92 Å². The van der Waals surface area contributed by atoms with Gasteiger partial charge < -0.3 is 15.6 Å². The maximum Gasteiger partial charge on any atom is 0.295 e. The number of hydrogen-bond donors (Lipinski definition) is 3. The van der Waals surface area contributed by atoms with E-state index in [0.717, 1.165) is 23.4 Å². The molecule has 9 heteroatoms. The van der Waals surface area contributed by atoms with E-state index in [0.29, 0.717) is 11.2 Å². The van der Waals surface area contributed by atoms with Crippen LogP contribution in [0.25, 0.3) is 11.2 Å². The van der Waals surface area contributed by atoms with E-state index in [2.05, 4.69) is 25.6 Å². The lowest BCUT2D eigenvalue weighted by Gasteiger charge is -2.12. The van der Waals surface area contributed by atoms with Crippen LogP contribution in [0.5, 0.6) is 0 Å². The molecule has 2 aromatic heterocycles. The van der Waals surface area contributed by atoms with Crippen LogP contribution in [0.3, 0.4) is 0 Å². The van der Waals surface area contributed by atoms with Crippen molar-refractivity contribution in [3.8, 4) is 0 Å². The molecule has 0 saturated heterocycles. The van der Waals surface area contributed by atoms with Gasteiger partial charge in [0.1, 0.15) is 11.3 Å². The van der Waals surface area contributed by atoms with E-state index < -0.39 is 12.2 Å². The molecule has 1 aliphatic carbocycles. The Morgan fingerprint density at radius 2 is 2.04 bits per heavy atom. The largest absolute Gasteiger partial charge is 0.353 e. The smallest absolute Gasteiger partial charge is 0.295 e. The number of aromatic nitrogens is 3. The Labute approximate surface area is 158 Å². The zero-order valence-corrected chi connectivity index (χ0v) is 15.2. The number of alkyl halides is 2. The first kappa shape index (κ1) is 17.7. The summed E-state index contributed by atoms with van der Waals surface area (Å²) in [7, 11) is 0. The molecule has 0 unspecified atom stereocenters. The predicted molar refractivity (Wildman–Crippen MR) is 102 cm³/mol. The Morgan fingerprint density at radius 1 is 1.26 bits per heavy atom. The van der Waals surface area contributed by atoms with Crippen molar-refractivity contribution in [1.29, 1.82) is 0 Å². The molecule has 0 atom stereocenters. The van der Waals surface area contributed by atoms with Crippen molar-refractivity contribution < 1.29 is 13.6 Å².